The molecule has 160 valence electrons. The first-order chi connectivity index (χ1) is 14.4. The summed E-state index contributed by atoms with van der Waals surface area (Å²) in [4.78, 5) is 22.5. The van der Waals surface area contributed by atoms with Crippen molar-refractivity contribution in [3.05, 3.63) is 64.2 Å². The number of nitro groups is 1. The monoisotopic (exact) mass is 433 g/mol. The van der Waals surface area contributed by atoms with E-state index in [9.17, 15) is 23.3 Å². The highest BCUT2D eigenvalue weighted by molar-refractivity contribution is 7.89. The maximum Gasteiger partial charge on any atom is 0.312 e. The Bertz CT molecular complexity index is 1000. The lowest BCUT2D eigenvalue weighted by atomic mass is 10.1. The fourth-order valence-electron chi connectivity index (χ4n) is 3.19. The van der Waals surface area contributed by atoms with Crippen molar-refractivity contribution in [2.24, 2.45) is 0 Å². The van der Waals surface area contributed by atoms with E-state index in [1.54, 1.807) is 0 Å². The van der Waals surface area contributed by atoms with Crippen molar-refractivity contribution in [3.8, 4) is 5.75 Å². The molecule has 0 aliphatic carbocycles. The Labute approximate surface area is 174 Å². The van der Waals surface area contributed by atoms with Gasteiger partial charge in [-0.15, -0.1) is 0 Å². The highest BCUT2D eigenvalue weighted by atomic mass is 32.2. The van der Waals surface area contributed by atoms with Crippen LogP contribution in [-0.2, 0) is 21.2 Å². The van der Waals surface area contributed by atoms with E-state index in [-0.39, 0.29) is 10.6 Å². The molecule has 0 unspecified atom stereocenters. The van der Waals surface area contributed by atoms with Gasteiger partial charge in [-0.2, -0.15) is 4.31 Å². The van der Waals surface area contributed by atoms with Crippen molar-refractivity contribution in [1.82, 2.24) is 9.62 Å². The molecular formula is C20H23N3O6S. The van der Waals surface area contributed by atoms with Crippen molar-refractivity contribution < 1.29 is 22.9 Å². The maximum atomic E-state index is 12.6. The predicted octanol–water partition coefficient (Wildman–Crippen LogP) is 2.12. The van der Waals surface area contributed by atoms with E-state index in [1.807, 2.05) is 30.3 Å². The summed E-state index contributed by atoms with van der Waals surface area (Å²) in [6.07, 6.45) is 2.18. The van der Waals surface area contributed by atoms with E-state index in [4.69, 9.17) is 4.74 Å². The second-order valence-corrected chi connectivity index (χ2v) is 8.81. The number of nitrogens with zero attached hydrogens (tertiary/aromatic N) is 2. The first kappa shape index (κ1) is 21.7. The van der Waals surface area contributed by atoms with E-state index in [0.717, 1.165) is 24.5 Å². The summed E-state index contributed by atoms with van der Waals surface area (Å²) >= 11 is 0. The molecule has 1 heterocycles. The molecular weight excluding hydrogens is 410 g/mol. The fraction of sp³-hybridized carbons (Fsp3) is 0.350. The molecule has 0 bridgehead atoms. The zero-order valence-corrected chi connectivity index (χ0v) is 17.1. The highest BCUT2D eigenvalue weighted by Crippen LogP contribution is 2.31. The second-order valence-electron chi connectivity index (χ2n) is 6.87. The number of carbonyl (C=O) groups is 1. The van der Waals surface area contributed by atoms with Crippen LogP contribution in [0.2, 0.25) is 0 Å². The van der Waals surface area contributed by atoms with Gasteiger partial charge >= 0.3 is 5.69 Å². The lowest BCUT2D eigenvalue weighted by molar-refractivity contribution is -0.386. The Morgan fingerprint density at radius 3 is 2.50 bits per heavy atom. The molecule has 9 nitrogen and oxygen atoms in total. The van der Waals surface area contributed by atoms with Gasteiger partial charge in [-0.1, -0.05) is 30.3 Å². The van der Waals surface area contributed by atoms with E-state index < -0.39 is 33.1 Å². The number of ether oxygens (including phenoxy) is 1. The van der Waals surface area contributed by atoms with Crippen LogP contribution in [-0.4, -0.2) is 49.8 Å². The lowest BCUT2D eigenvalue weighted by Crippen LogP contribution is -2.30. The minimum atomic E-state index is -3.79. The number of hydrogen-bond acceptors (Lipinski definition) is 6. The Kier molecular flexibility index (Phi) is 7.01. The first-order valence-electron chi connectivity index (χ1n) is 9.60. The number of hydrogen-bond donors (Lipinski definition) is 1. The average Bonchev–Trinajstić information content (AvgIpc) is 3.28. The standard InChI is InChI=1S/C20H23N3O6S/c24-20(21-11-10-16-6-2-1-3-7-16)15-29-19-9-8-17(14-18(19)23(25)26)30(27,28)22-12-4-5-13-22/h1-3,6-9,14H,4-5,10-13,15H2,(H,21,24). The Hall–Kier alpha value is -2.98. The molecule has 2 aromatic rings. The van der Waals surface area contributed by atoms with Gasteiger partial charge in [0.1, 0.15) is 0 Å². The number of carbonyl (C=O) groups excluding carboxylic acids is 1. The quantitative estimate of drug-likeness (QED) is 0.478. The molecule has 0 atom stereocenters. The third-order valence-corrected chi connectivity index (χ3v) is 6.66. The highest BCUT2D eigenvalue weighted by Gasteiger charge is 2.30. The van der Waals surface area contributed by atoms with Crippen LogP contribution in [0.5, 0.6) is 5.75 Å². The van der Waals surface area contributed by atoms with Gasteiger partial charge in [0.2, 0.25) is 10.0 Å². The average molecular weight is 433 g/mol. The molecule has 10 heteroatoms. The van der Waals surface area contributed by atoms with Gasteiger partial charge in [-0.3, -0.25) is 14.9 Å². The number of benzene rings is 2. The van der Waals surface area contributed by atoms with Crippen LogP contribution >= 0.6 is 0 Å². The third-order valence-electron chi connectivity index (χ3n) is 4.77. The van der Waals surface area contributed by atoms with Crippen molar-refractivity contribution in [3.63, 3.8) is 0 Å². The zero-order chi connectivity index (χ0) is 21.6. The summed E-state index contributed by atoms with van der Waals surface area (Å²) < 4.78 is 31.8. The van der Waals surface area contributed by atoms with Gasteiger partial charge in [-0.25, -0.2) is 8.42 Å². The van der Waals surface area contributed by atoms with Crippen LogP contribution in [0.1, 0.15) is 18.4 Å². The largest absolute Gasteiger partial charge is 0.477 e. The van der Waals surface area contributed by atoms with Gasteiger partial charge < -0.3 is 10.1 Å². The summed E-state index contributed by atoms with van der Waals surface area (Å²) in [5.41, 5.74) is 0.580. The molecule has 3 rings (SSSR count). The summed E-state index contributed by atoms with van der Waals surface area (Å²) in [5.74, 6) is -0.576. The summed E-state index contributed by atoms with van der Waals surface area (Å²) in [6.45, 7) is 0.796. The minimum absolute atomic E-state index is 0.154. The van der Waals surface area contributed by atoms with E-state index in [0.29, 0.717) is 26.1 Å². The van der Waals surface area contributed by atoms with Crippen LogP contribution < -0.4 is 10.1 Å². The Morgan fingerprint density at radius 2 is 1.83 bits per heavy atom. The molecule has 1 aliphatic rings. The van der Waals surface area contributed by atoms with Gasteiger partial charge in [0.25, 0.3) is 5.91 Å². The van der Waals surface area contributed by atoms with Crippen LogP contribution in [0.4, 0.5) is 5.69 Å². The van der Waals surface area contributed by atoms with Gasteiger partial charge in [0.15, 0.2) is 12.4 Å². The molecule has 0 radical (unpaired) electrons. The molecule has 1 aliphatic heterocycles. The van der Waals surface area contributed by atoms with Gasteiger partial charge in [0, 0.05) is 25.7 Å². The molecule has 1 fully saturated rings. The molecule has 1 N–H and O–H groups in total. The van der Waals surface area contributed by atoms with E-state index >= 15 is 0 Å². The summed E-state index contributed by atoms with van der Waals surface area (Å²) in [6, 6.07) is 13.1. The van der Waals surface area contributed by atoms with E-state index in [1.165, 1.54) is 16.4 Å². The smallest absolute Gasteiger partial charge is 0.312 e. The summed E-state index contributed by atoms with van der Waals surface area (Å²) in [5, 5.41) is 14.1. The topological polar surface area (TPSA) is 119 Å². The Morgan fingerprint density at radius 1 is 1.13 bits per heavy atom. The Balaban J connectivity index is 1.61. The number of sulfonamides is 1. The first-order valence-corrected chi connectivity index (χ1v) is 11.0. The SMILES string of the molecule is O=C(COc1ccc(S(=O)(=O)N2CCCC2)cc1[N+](=O)[O-])NCCc1ccccc1. The number of nitrogens with one attached hydrogen (secondary N) is 1. The normalized spacial score (nSPS) is 14.4. The van der Waals surface area contributed by atoms with Crippen molar-refractivity contribution >= 4 is 21.6 Å². The van der Waals surface area contributed by atoms with Crippen LogP contribution in [0, 0.1) is 10.1 Å². The fourth-order valence-corrected chi connectivity index (χ4v) is 4.72. The molecule has 1 amide bonds. The molecule has 0 saturated carbocycles. The molecule has 0 aromatic heterocycles. The number of amides is 1. The molecule has 1 saturated heterocycles. The molecule has 0 spiro atoms. The lowest BCUT2D eigenvalue weighted by Gasteiger charge is -2.16. The molecule has 30 heavy (non-hydrogen) atoms. The summed E-state index contributed by atoms with van der Waals surface area (Å²) in [7, 11) is -3.79. The number of nitro benzene ring substituents is 1. The van der Waals surface area contributed by atoms with Gasteiger partial charge in [-0.05, 0) is 37.0 Å². The van der Waals surface area contributed by atoms with Crippen LogP contribution in [0.3, 0.4) is 0 Å². The number of rotatable bonds is 9. The maximum absolute atomic E-state index is 12.6. The van der Waals surface area contributed by atoms with Crippen molar-refractivity contribution in [1.29, 1.82) is 0 Å². The van der Waals surface area contributed by atoms with Crippen LogP contribution in [0.15, 0.2) is 53.4 Å². The molecule has 2 aromatic carbocycles. The zero-order valence-electron chi connectivity index (χ0n) is 16.3. The third kappa shape index (κ3) is 5.33. The van der Waals surface area contributed by atoms with Gasteiger partial charge in [0.05, 0.1) is 9.82 Å². The van der Waals surface area contributed by atoms with E-state index in [2.05, 4.69) is 5.32 Å². The van der Waals surface area contributed by atoms with Crippen molar-refractivity contribution in [2.75, 3.05) is 26.2 Å². The van der Waals surface area contributed by atoms with Crippen LogP contribution in [0.25, 0.3) is 0 Å². The minimum Gasteiger partial charge on any atom is -0.477 e. The second kappa shape index (κ2) is 9.68. The predicted molar refractivity (Wildman–Crippen MR) is 110 cm³/mol. The van der Waals surface area contributed by atoms with Crippen molar-refractivity contribution in [2.45, 2.75) is 24.2 Å².